The number of benzene rings is 1. The largest absolute Gasteiger partial charge is 0.354 e. The highest BCUT2D eigenvalue weighted by atomic mass is 16.2. The molecule has 0 atom stereocenters. The van der Waals surface area contributed by atoms with Gasteiger partial charge >= 0.3 is 5.69 Å². The zero-order valence-corrected chi connectivity index (χ0v) is 14.3. The summed E-state index contributed by atoms with van der Waals surface area (Å²) in [5, 5.41) is 3.77. The molecule has 3 aromatic rings. The van der Waals surface area contributed by atoms with Gasteiger partial charge in [-0.1, -0.05) is 24.6 Å². The third-order valence-electron chi connectivity index (χ3n) is 4.25. The highest BCUT2D eigenvalue weighted by Gasteiger charge is 2.16. The van der Waals surface area contributed by atoms with Crippen LogP contribution in [-0.4, -0.2) is 14.1 Å². The van der Waals surface area contributed by atoms with E-state index in [2.05, 4.69) is 10.3 Å². The third kappa shape index (κ3) is 2.50. The molecule has 0 saturated carbocycles. The van der Waals surface area contributed by atoms with Gasteiger partial charge in [-0.25, -0.2) is 9.78 Å². The predicted molar refractivity (Wildman–Crippen MR) is 96.1 cm³/mol. The minimum atomic E-state index is -0.384. The van der Waals surface area contributed by atoms with Crippen LogP contribution in [0, 0.1) is 6.92 Å². The number of nitrogens with one attached hydrogen (secondary N) is 1. The van der Waals surface area contributed by atoms with Gasteiger partial charge < -0.3 is 5.32 Å². The Morgan fingerprint density at radius 1 is 1.08 bits per heavy atom. The van der Waals surface area contributed by atoms with E-state index >= 15 is 0 Å². The number of aryl methyl sites for hydroxylation is 3. The Hall–Kier alpha value is -2.89. The maximum Gasteiger partial charge on any atom is 0.332 e. The van der Waals surface area contributed by atoms with Crippen molar-refractivity contribution in [3.8, 4) is 0 Å². The first-order valence-corrected chi connectivity index (χ1v) is 7.85. The summed E-state index contributed by atoms with van der Waals surface area (Å²) < 4.78 is 2.51. The molecule has 0 bridgehead atoms. The van der Waals surface area contributed by atoms with Crippen LogP contribution in [0.15, 0.2) is 40.1 Å². The van der Waals surface area contributed by atoms with Gasteiger partial charge in [0.15, 0.2) is 5.65 Å². The maximum absolute atomic E-state index is 12.7. The van der Waals surface area contributed by atoms with Crippen LogP contribution >= 0.6 is 0 Å². The van der Waals surface area contributed by atoms with E-state index in [-0.39, 0.29) is 11.2 Å². The van der Waals surface area contributed by atoms with Crippen molar-refractivity contribution in [2.75, 3.05) is 5.32 Å². The first-order chi connectivity index (χ1) is 11.4. The van der Waals surface area contributed by atoms with Gasteiger partial charge in [0.25, 0.3) is 5.56 Å². The Morgan fingerprint density at radius 2 is 1.75 bits per heavy atom. The van der Waals surface area contributed by atoms with E-state index in [1.54, 1.807) is 13.2 Å². The first-order valence-electron chi connectivity index (χ1n) is 7.85. The molecule has 0 radical (unpaired) electrons. The fourth-order valence-corrected chi connectivity index (χ4v) is 2.76. The summed E-state index contributed by atoms with van der Waals surface area (Å²) in [7, 11) is 3.11. The number of anilines is 2. The van der Waals surface area contributed by atoms with Crippen molar-refractivity contribution in [1.82, 2.24) is 14.1 Å². The van der Waals surface area contributed by atoms with Crippen molar-refractivity contribution in [1.29, 1.82) is 0 Å². The third-order valence-corrected chi connectivity index (χ3v) is 4.25. The molecule has 0 aliphatic heterocycles. The number of aromatic nitrogens is 3. The number of pyridine rings is 1. The monoisotopic (exact) mass is 324 g/mol. The SMILES string of the molecule is CCc1cnc2c(c1Nc1ccc(C)cc1)c(=O)n(C)c(=O)n2C. The number of hydrogen-bond donors (Lipinski definition) is 1. The molecule has 0 fully saturated rings. The Balaban J connectivity index is 2.34. The molecule has 1 aromatic carbocycles. The molecule has 0 unspecified atom stereocenters. The minimum Gasteiger partial charge on any atom is -0.354 e. The minimum absolute atomic E-state index is 0.342. The summed E-state index contributed by atoms with van der Waals surface area (Å²) >= 11 is 0. The molecule has 2 aromatic heterocycles. The molecule has 0 spiro atoms. The predicted octanol–water partition coefficient (Wildman–Crippen LogP) is 2.25. The van der Waals surface area contributed by atoms with Crippen LogP contribution in [0.3, 0.4) is 0 Å². The molecule has 0 saturated heterocycles. The smallest absolute Gasteiger partial charge is 0.332 e. The molecule has 0 aliphatic carbocycles. The molecule has 24 heavy (non-hydrogen) atoms. The first kappa shape index (κ1) is 16.0. The fraction of sp³-hybridized carbons (Fsp3) is 0.278. The molecular weight excluding hydrogens is 304 g/mol. The lowest BCUT2D eigenvalue weighted by Gasteiger charge is -2.15. The van der Waals surface area contributed by atoms with Crippen LogP contribution in [0.2, 0.25) is 0 Å². The summed E-state index contributed by atoms with van der Waals surface area (Å²) in [6, 6.07) is 7.94. The molecule has 3 rings (SSSR count). The topological polar surface area (TPSA) is 68.9 Å². The van der Waals surface area contributed by atoms with Gasteiger partial charge in [-0.2, -0.15) is 0 Å². The Kier molecular flexibility index (Phi) is 3.97. The Bertz CT molecular complexity index is 1030. The summed E-state index contributed by atoms with van der Waals surface area (Å²) in [5.74, 6) is 0. The number of rotatable bonds is 3. The second kappa shape index (κ2) is 5.96. The van der Waals surface area contributed by atoms with Crippen LogP contribution in [0.25, 0.3) is 11.0 Å². The second-order valence-electron chi connectivity index (χ2n) is 5.91. The van der Waals surface area contributed by atoms with Gasteiger partial charge in [-0.15, -0.1) is 0 Å². The summed E-state index contributed by atoms with van der Waals surface area (Å²) in [6.07, 6.45) is 2.45. The van der Waals surface area contributed by atoms with Gasteiger partial charge in [0, 0.05) is 26.0 Å². The van der Waals surface area contributed by atoms with E-state index in [1.165, 1.54) is 11.6 Å². The van der Waals surface area contributed by atoms with Crippen LogP contribution < -0.4 is 16.6 Å². The van der Waals surface area contributed by atoms with Gasteiger partial charge in [0.05, 0.1) is 5.69 Å². The van der Waals surface area contributed by atoms with Crippen molar-refractivity contribution in [3.05, 3.63) is 62.4 Å². The second-order valence-corrected chi connectivity index (χ2v) is 5.91. The molecule has 2 heterocycles. The molecule has 6 heteroatoms. The van der Waals surface area contributed by atoms with Crippen molar-refractivity contribution >= 4 is 22.4 Å². The van der Waals surface area contributed by atoms with Crippen molar-refractivity contribution < 1.29 is 0 Å². The highest BCUT2D eigenvalue weighted by molar-refractivity contribution is 5.92. The number of nitrogens with zero attached hydrogens (tertiary/aromatic N) is 3. The van der Waals surface area contributed by atoms with Gasteiger partial charge in [-0.3, -0.25) is 13.9 Å². The average Bonchev–Trinajstić information content (AvgIpc) is 2.59. The van der Waals surface area contributed by atoms with E-state index in [4.69, 9.17) is 0 Å². The van der Waals surface area contributed by atoms with Crippen LogP contribution in [0.4, 0.5) is 11.4 Å². The molecule has 1 N–H and O–H groups in total. The Morgan fingerprint density at radius 3 is 2.38 bits per heavy atom. The van der Waals surface area contributed by atoms with E-state index in [9.17, 15) is 9.59 Å². The van der Waals surface area contributed by atoms with Crippen LogP contribution in [-0.2, 0) is 20.5 Å². The number of fused-ring (bicyclic) bond motifs is 1. The van der Waals surface area contributed by atoms with Crippen molar-refractivity contribution in [2.24, 2.45) is 14.1 Å². The fourth-order valence-electron chi connectivity index (χ4n) is 2.76. The van der Waals surface area contributed by atoms with Crippen molar-refractivity contribution in [2.45, 2.75) is 20.3 Å². The van der Waals surface area contributed by atoms with E-state index in [0.717, 1.165) is 27.8 Å². The lowest BCUT2D eigenvalue weighted by molar-refractivity contribution is 0.707. The Labute approximate surface area is 139 Å². The molecular formula is C18H20N4O2. The average molecular weight is 324 g/mol. The molecule has 0 aliphatic rings. The zero-order valence-electron chi connectivity index (χ0n) is 14.3. The maximum atomic E-state index is 12.7. The van der Waals surface area contributed by atoms with Crippen LogP contribution in [0.5, 0.6) is 0 Å². The summed E-state index contributed by atoms with van der Waals surface area (Å²) in [4.78, 5) is 29.2. The molecule has 6 nitrogen and oxygen atoms in total. The summed E-state index contributed by atoms with van der Waals surface area (Å²) in [5.41, 5.74) is 3.35. The van der Waals surface area contributed by atoms with E-state index in [1.807, 2.05) is 38.1 Å². The van der Waals surface area contributed by atoms with Crippen molar-refractivity contribution in [3.63, 3.8) is 0 Å². The molecule has 0 amide bonds. The highest BCUT2D eigenvalue weighted by Crippen LogP contribution is 2.26. The lowest BCUT2D eigenvalue weighted by Crippen LogP contribution is -2.37. The lowest BCUT2D eigenvalue weighted by atomic mass is 10.1. The summed E-state index contributed by atoms with van der Waals surface area (Å²) in [6.45, 7) is 4.03. The van der Waals surface area contributed by atoms with Gasteiger partial charge in [0.1, 0.15) is 5.39 Å². The van der Waals surface area contributed by atoms with E-state index in [0.29, 0.717) is 16.7 Å². The number of hydrogen-bond acceptors (Lipinski definition) is 4. The van der Waals surface area contributed by atoms with E-state index < -0.39 is 0 Å². The quantitative estimate of drug-likeness (QED) is 0.802. The zero-order chi connectivity index (χ0) is 17.4. The normalized spacial score (nSPS) is 11.0. The standard InChI is InChI=1S/C18H20N4O2/c1-5-12-10-19-16-14(17(23)22(4)18(24)21(16)3)15(12)20-13-8-6-11(2)7-9-13/h6-10H,5H2,1-4H3,(H,19,20). The van der Waals surface area contributed by atoms with Gasteiger partial charge in [0.2, 0.25) is 0 Å². The molecule has 124 valence electrons. The van der Waals surface area contributed by atoms with Crippen LogP contribution in [0.1, 0.15) is 18.1 Å². The van der Waals surface area contributed by atoms with Gasteiger partial charge in [-0.05, 0) is 31.0 Å².